The van der Waals surface area contributed by atoms with Gasteiger partial charge in [-0.2, -0.15) is 0 Å². The number of rotatable bonds is 4. The minimum Gasteiger partial charge on any atom is -0.370 e. The molecule has 0 aromatic heterocycles. The summed E-state index contributed by atoms with van der Waals surface area (Å²) in [6.45, 7) is 0.152. The smallest absolute Gasteiger partial charge is 0.242 e. The van der Waals surface area contributed by atoms with Crippen molar-refractivity contribution in [1.82, 2.24) is 10.2 Å². The molecule has 0 atom stereocenters. The molecule has 2 saturated carbocycles. The van der Waals surface area contributed by atoms with Crippen LogP contribution < -0.4 is 11.1 Å². The Bertz CT molecular complexity index is 325. The highest BCUT2D eigenvalue weighted by Crippen LogP contribution is 2.24. The van der Waals surface area contributed by atoms with Crippen molar-refractivity contribution in [3.8, 4) is 0 Å². The lowest BCUT2D eigenvalue weighted by Gasteiger charge is -2.22. The van der Waals surface area contributed by atoms with E-state index in [1.165, 1.54) is 32.1 Å². The third-order valence-electron chi connectivity index (χ3n) is 3.81. The summed E-state index contributed by atoms with van der Waals surface area (Å²) in [6.07, 6.45) is 8.31. The summed E-state index contributed by atoms with van der Waals surface area (Å²) < 4.78 is 0. The van der Waals surface area contributed by atoms with Crippen molar-refractivity contribution in [3.63, 3.8) is 0 Å². The Hall–Kier alpha value is -0.530. The summed E-state index contributed by atoms with van der Waals surface area (Å²) >= 11 is 0. The molecule has 0 unspecified atom stereocenters. The summed E-state index contributed by atoms with van der Waals surface area (Å²) in [5.74, 6) is 0.477. The molecule has 2 aliphatic carbocycles. The van der Waals surface area contributed by atoms with Crippen LogP contribution in [-0.4, -0.2) is 42.4 Å². The van der Waals surface area contributed by atoms with Crippen LogP contribution in [0.25, 0.3) is 0 Å². The van der Waals surface area contributed by atoms with Gasteiger partial charge in [0.15, 0.2) is 5.96 Å². The van der Waals surface area contributed by atoms with Crippen LogP contribution in [0, 0.1) is 0 Å². The van der Waals surface area contributed by atoms with Crippen LogP contribution in [0.1, 0.15) is 44.9 Å². The summed E-state index contributed by atoms with van der Waals surface area (Å²) in [5.41, 5.74) is 5.84. The van der Waals surface area contributed by atoms with Gasteiger partial charge in [-0.1, -0.05) is 19.3 Å². The van der Waals surface area contributed by atoms with Gasteiger partial charge in [0, 0.05) is 19.1 Å². The van der Waals surface area contributed by atoms with Gasteiger partial charge < -0.3 is 16.0 Å². The molecule has 5 nitrogen and oxygen atoms in total. The molecule has 0 saturated heterocycles. The van der Waals surface area contributed by atoms with E-state index in [1.807, 2.05) is 11.9 Å². The second-order valence-electron chi connectivity index (χ2n) is 5.42. The van der Waals surface area contributed by atoms with E-state index in [1.54, 1.807) is 0 Å². The average molecular weight is 380 g/mol. The molecule has 19 heavy (non-hydrogen) atoms. The highest BCUT2D eigenvalue weighted by molar-refractivity contribution is 14.0. The second-order valence-corrected chi connectivity index (χ2v) is 5.42. The number of amides is 1. The summed E-state index contributed by atoms with van der Waals surface area (Å²) in [7, 11) is 1.94. The maximum atomic E-state index is 11.7. The number of carbonyl (C=O) groups is 1. The molecule has 0 heterocycles. The van der Waals surface area contributed by atoms with Gasteiger partial charge in [-0.25, -0.2) is 4.99 Å². The fourth-order valence-corrected chi connectivity index (χ4v) is 2.43. The standard InChI is InChI=1S/C13H24N4O.HI/c1-17(11-7-8-11)13(14)15-9-12(18)16-10-5-3-2-4-6-10;/h10-11H,2-9H2,1H3,(H2,14,15)(H,16,18);1H. The normalized spacial score (nSPS) is 20.6. The molecule has 0 radical (unpaired) electrons. The van der Waals surface area contributed by atoms with Crippen LogP contribution in [0.15, 0.2) is 4.99 Å². The summed E-state index contributed by atoms with van der Waals surface area (Å²) in [4.78, 5) is 17.9. The summed E-state index contributed by atoms with van der Waals surface area (Å²) in [5, 5.41) is 3.04. The van der Waals surface area contributed by atoms with Gasteiger partial charge in [0.2, 0.25) is 5.91 Å². The Morgan fingerprint density at radius 2 is 1.89 bits per heavy atom. The van der Waals surface area contributed by atoms with E-state index in [-0.39, 0.29) is 36.4 Å². The van der Waals surface area contributed by atoms with E-state index >= 15 is 0 Å². The van der Waals surface area contributed by atoms with E-state index in [0.29, 0.717) is 18.0 Å². The fourth-order valence-electron chi connectivity index (χ4n) is 2.43. The highest BCUT2D eigenvalue weighted by atomic mass is 127. The molecular formula is C13H25IN4O. The van der Waals surface area contributed by atoms with Crippen LogP contribution in [0.2, 0.25) is 0 Å². The fraction of sp³-hybridized carbons (Fsp3) is 0.846. The van der Waals surface area contributed by atoms with E-state index in [4.69, 9.17) is 5.73 Å². The Balaban J connectivity index is 0.00000180. The van der Waals surface area contributed by atoms with Crippen LogP contribution in [0.3, 0.4) is 0 Å². The molecule has 1 amide bonds. The van der Waals surface area contributed by atoms with Gasteiger partial charge >= 0.3 is 0 Å². The molecule has 0 aliphatic heterocycles. The number of aliphatic imine (C=N–C) groups is 1. The number of hydrogen-bond donors (Lipinski definition) is 2. The SMILES string of the molecule is CN(C(N)=NCC(=O)NC1CCCCC1)C1CC1.I. The Morgan fingerprint density at radius 1 is 1.26 bits per heavy atom. The first-order valence-corrected chi connectivity index (χ1v) is 6.99. The van der Waals surface area contributed by atoms with Crippen LogP contribution in [0.4, 0.5) is 0 Å². The molecule has 0 aromatic carbocycles. The number of nitrogens with zero attached hydrogens (tertiary/aromatic N) is 2. The zero-order valence-corrected chi connectivity index (χ0v) is 13.9. The van der Waals surface area contributed by atoms with Crippen LogP contribution in [0.5, 0.6) is 0 Å². The predicted molar refractivity (Wildman–Crippen MR) is 87.7 cm³/mol. The molecule has 2 fully saturated rings. The molecule has 3 N–H and O–H groups in total. The maximum Gasteiger partial charge on any atom is 0.242 e. The zero-order valence-electron chi connectivity index (χ0n) is 11.6. The third kappa shape index (κ3) is 5.54. The minimum atomic E-state index is -0.00551. The minimum absolute atomic E-state index is 0. The predicted octanol–water partition coefficient (Wildman–Crippen LogP) is 1.46. The van der Waals surface area contributed by atoms with Gasteiger partial charge in [0.25, 0.3) is 0 Å². The van der Waals surface area contributed by atoms with Crippen molar-refractivity contribution in [2.75, 3.05) is 13.6 Å². The molecule has 2 aliphatic rings. The van der Waals surface area contributed by atoms with E-state index in [0.717, 1.165) is 12.8 Å². The quantitative estimate of drug-likeness (QED) is 0.441. The van der Waals surface area contributed by atoms with Crippen molar-refractivity contribution in [2.45, 2.75) is 57.0 Å². The second kappa shape index (κ2) is 7.91. The van der Waals surface area contributed by atoms with Crippen molar-refractivity contribution >= 4 is 35.8 Å². The largest absolute Gasteiger partial charge is 0.370 e. The average Bonchev–Trinajstić information content (AvgIpc) is 3.20. The Morgan fingerprint density at radius 3 is 2.47 bits per heavy atom. The first-order valence-electron chi connectivity index (χ1n) is 6.99. The lowest BCUT2D eigenvalue weighted by atomic mass is 9.95. The molecule has 0 spiro atoms. The third-order valence-corrected chi connectivity index (χ3v) is 3.81. The number of nitrogens with one attached hydrogen (secondary N) is 1. The molecule has 0 aromatic rings. The topological polar surface area (TPSA) is 70.7 Å². The van der Waals surface area contributed by atoms with Crippen molar-refractivity contribution < 1.29 is 4.79 Å². The number of hydrogen-bond acceptors (Lipinski definition) is 2. The number of carbonyl (C=O) groups excluding carboxylic acids is 1. The molecule has 2 rings (SSSR count). The first kappa shape index (κ1) is 16.5. The lowest BCUT2D eigenvalue weighted by molar-refractivity contribution is -0.120. The molecular weight excluding hydrogens is 355 g/mol. The Labute approximate surface area is 132 Å². The van der Waals surface area contributed by atoms with Gasteiger partial charge in [-0.15, -0.1) is 24.0 Å². The van der Waals surface area contributed by atoms with E-state index in [2.05, 4.69) is 10.3 Å². The monoisotopic (exact) mass is 380 g/mol. The van der Waals surface area contributed by atoms with Crippen molar-refractivity contribution in [1.29, 1.82) is 0 Å². The van der Waals surface area contributed by atoms with E-state index < -0.39 is 0 Å². The van der Waals surface area contributed by atoms with Crippen LogP contribution >= 0.6 is 24.0 Å². The highest BCUT2D eigenvalue weighted by Gasteiger charge is 2.27. The van der Waals surface area contributed by atoms with Crippen molar-refractivity contribution in [3.05, 3.63) is 0 Å². The number of nitrogens with two attached hydrogens (primary N) is 1. The summed E-state index contributed by atoms with van der Waals surface area (Å²) in [6, 6.07) is 0.888. The maximum absolute atomic E-state index is 11.7. The molecule has 110 valence electrons. The zero-order chi connectivity index (χ0) is 13.0. The number of halogens is 1. The van der Waals surface area contributed by atoms with Crippen LogP contribution in [-0.2, 0) is 4.79 Å². The van der Waals surface area contributed by atoms with Gasteiger partial charge in [-0.3, -0.25) is 4.79 Å². The first-order chi connectivity index (χ1) is 8.66. The van der Waals surface area contributed by atoms with Gasteiger partial charge in [0.1, 0.15) is 6.54 Å². The Kier molecular flexibility index (Phi) is 6.88. The van der Waals surface area contributed by atoms with Crippen molar-refractivity contribution in [2.24, 2.45) is 10.7 Å². The van der Waals surface area contributed by atoms with Gasteiger partial charge in [0.05, 0.1) is 0 Å². The van der Waals surface area contributed by atoms with E-state index in [9.17, 15) is 4.79 Å². The molecule has 6 heteroatoms. The number of guanidine groups is 1. The lowest BCUT2D eigenvalue weighted by Crippen LogP contribution is -2.39. The van der Waals surface area contributed by atoms with Gasteiger partial charge in [-0.05, 0) is 25.7 Å². The molecule has 0 bridgehead atoms.